The minimum atomic E-state index is 0.783. The summed E-state index contributed by atoms with van der Waals surface area (Å²) >= 11 is 0. The number of rotatable bonds is 3. The van der Waals surface area contributed by atoms with E-state index in [9.17, 15) is 0 Å². The Kier molecular flexibility index (Phi) is 2.90. The van der Waals surface area contributed by atoms with Crippen molar-refractivity contribution in [3.8, 4) is 0 Å². The first-order chi connectivity index (χ1) is 9.69. The van der Waals surface area contributed by atoms with Crippen molar-refractivity contribution in [2.45, 2.75) is 39.0 Å². The molecule has 3 heteroatoms. The predicted octanol–water partition coefficient (Wildman–Crippen LogP) is 3.46. The maximum Gasteiger partial charge on any atom is 0.126 e. The third kappa shape index (κ3) is 2.07. The Balaban J connectivity index is 1.43. The zero-order valence-corrected chi connectivity index (χ0v) is 12.3. The van der Waals surface area contributed by atoms with E-state index in [4.69, 9.17) is 5.73 Å². The largest absolute Gasteiger partial charge is 0.397 e. The molecule has 1 aromatic heterocycles. The Bertz CT molecular complexity index is 483. The normalized spacial score (nSPS) is 38.1. The molecule has 3 N–H and O–H groups in total. The third-order valence-electron chi connectivity index (χ3n) is 6.07. The number of hydrogen-bond donors (Lipinski definition) is 2. The fourth-order valence-corrected chi connectivity index (χ4v) is 5.26. The first-order valence-corrected chi connectivity index (χ1v) is 8.16. The van der Waals surface area contributed by atoms with Crippen LogP contribution in [0.5, 0.6) is 0 Å². The van der Waals surface area contributed by atoms with E-state index in [1.165, 1.54) is 32.1 Å². The van der Waals surface area contributed by atoms with Crippen LogP contribution in [0.1, 0.15) is 37.8 Å². The summed E-state index contributed by atoms with van der Waals surface area (Å²) in [6.45, 7) is 3.08. The van der Waals surface area contributed by atoms with Gasteiger partial charge in [-0.05, 0) is 80.8 Å². The number of nitrogen functional groups attached to an aromatic ring is 1. The highest BCUT2D eigenvalue weighted by molar-refractivity contribution is 5.49. The van der Waals surface area contributed by atoms with E-state index < -0.39 is 0 Å². The highest BCUT2D eigenvalue weighted by Gasteiger charge is 2.47. The van der Waals surface area contributed by atoms with Crippen LogP contribution in [0.15, 0.2) is 12.1 Å². The van der Waals surface area contributed by atoms with Gasteiger partial charge >= 0.3 is 0 Å². The maximum atomic E-state index is 5.83. The van der Waals surface area contributed by atoms with Crippen LogP contribution in [-0.4, -0.2) is 11.5 Å². The summed E-state index contributed by atoms with van der Waals surface area (Å²) in [5.41, 5.74) is 7.55. The molecule has 1 heterocycles. The second-order valence-electron chi connectivity index (χ2n) is 7.35. The molecule has 0 aromatic carbocycles. The van der Waals surface area contributed by atoms with Gasteiger partial charge in [-0.3, -0.25) is 0 Å². The maximum absolute atomic E-state index is 5.83. The van der Waals surface area contributed by atoms with Crippen LogP contribution in [0, 0.1) is 36.5 Å². The fourth-order valence-electron chi connectivity index (χ4n) is 5.26. The molecular weight excluding hydrogens is 246 g/mol. The molecule has 4 fully saturated rings. The number of pyridine rings is 1. The number of hydrogen-bond acceptors (Lipinski definition) is 3. The Hall–Kier alpha value is -1.25. The SMILES string of the molecule is Cc1nc(NCC2C3CC4CC(C3)CC2C4)ccc1N. The Morgan fingerprint density at radius 2 is 1.75 bits per heavy atom. The molecule has 0 saturated heterocycles. The van der Waals surface area contributed by atoms with Gasteiger partial charge in [0.05, 0.1) is 11.4 Å². The number of nitrogens with zero attached hydrogens (tertiary/aromatic N) is 1. The van der Waals surface area contributed by atoms with Crippen molar-refractivity contribution in [3.63, 3.8) is 0 Å². The lowest BCUT2D eigenvalue weighted by atomic mass is 9.52. The minimum absolute atomic E-state index is 0.783. The zero-order valence-electron chi connectivity index (χ0n) is 12.3. The molecule has 0 spiro atoms. The van der Waals surface area contributed by atoms with Crippen LogP contribution in [0.4, 0.5) is 11.5 Å². The molecule has 4 aliphatic rings. The summed E-state index contributed by atoms with van der Waals surface area (Å²) in [5, 5.41) is 3.57. The molecule has 0 aliphatic heterocycles. The average Bonchev–Trinajstić information content (AvgIpc) is 2.41. The highest BCUT2D eigenvalue weighted by atomic mass is 15.0. The van der Waals surface area contributed by atoms with E-state index in [0.29, 0.717) is 0 Å². The van der Waals surface area contributed by atoms with Crippen molar-refractivity contribution in [3.05, 3.63) is 17.8 Å². The van der Waals surface area contributed by atoms with E-state index in [1.807, 2.05) is 19.1 Å². The summed E-state index contributed by atoms with van der Waals surface area (Å²) in [7, 11) is 0. The lowest BCUT2D eigenvalue weighted by Crippen LogP contribution is -2.47. The molecule has 20 heavy (non-hydrogen) atoms. The van der Waals surface area contributed by atoms with Gasteiger partial charge in [0.2, 0.25) is 0 Å². The van der Waals surface area contributed by atoms with Gasteiger partial charge in [0.1, 0.15) is 5.82 Å². The lowest BCUT2D eigenvalue weighted by molar-refractivity contribution is -0.0305. The number of anilines is 2. The smallest absolute Gasteiger partial charge is 0.126 e. The average molecular weight is 271 g/mol. The number of aryl methyl sites for hydroxylation is 1. The molecule has 5 rings (SSSR count). The van der Waals surface area contributed by atoms with E-state index in [1.54, 1.807) is 0 Å². The van der Waals surface area contributed by atoms with Crippen molar-refractivity contribution in [2.75, 3.05) is 17.6 Å². The van der Waals surface area contributed by atoms with Gasteiger partial charge in [-0.2, -0.15) is 0 Å². The molecule has 0 amide bonds. The van der Waals surface area contributed by atoms with Crippen LogP contribution >= 0.6 is 0 Å². The van der Waals surface area contributed by atoms with E-state index in [-0.39, 0.29) is 0 Å². The van der Waals surface area contributed by atoms with Gasteiger partial charge < -0.3 is 11.1 Å². The molecule has 4 saturated carbocycles. The molecule has 108 valence electrons. The van der Waals surface area contributed by atoms with Gasteiger partial charge in [0.15, 0.2) is 0 Å². The van der Waals surface area contributed by atoms with Gasteiger partial charge in [0.25, 0.3) is 0 Å². The van der Waals surface area contributed by atoms with E-state index >= 15 is 0 Å². The molecular formula is C17H25N3. The summed E-state index contributed by atoms with van der Waals surface area (Å²) in [4.78, 5) is 4.54. The van der Waals surface area contributed by atoms with Crippen LogP contribution < -0.4 is 11.1 Å². The van der Waals surface area contributed by atoms with E-state index in [0.717, 1.165) is 53.3 Å². The van der Waals surface area contributed by atoms with Crippen LogP contribution in [0.25, 0.3) is 0 Å². The van der Waals surface area contributed by atoms with Crippen molar-refractivity contribution >= 4 is 11.5 Å². The predicted molar refractivity (Wildman–Crippen MR) is 82.4 cm³/mol. The van der Waals surface area contributed by atoms with Crippen molar-refractivity contribution in [2.24, 2.45) is 29.6 Å². The van der Waals surface area contributed by atoms with Gasteiger partial charge in [-0.15, -0.1) is 0 Å². The van der Waals surface area contributed by atoms with Crippen molar-refractivity contribution < 1.29 is 0 Å². The van der Waals surface area contributed by atoms with Crippen LogP contribution in [-0.2, 0) is 0 Å². The Morgan fingerprint density at radius 1 is 1.10 bits per heavy atom. The molecule has 4 bridgehead atoms. The number of aromatic nitrogens is 1. The van der Waals surface area contributed by atoms with Gasteiger partial charge in [0, 0.05) is 6.54 Å². The standard InChI is InChI=1S/C17H25N3/c1-10-16(18)2-3-17(20-10)19-9-15-13-5-11-4-12(7-13)8-14(15)6-11/h2-3,11-15H,4-9,18H2,1H3,(H,19,20). The number of nitrogens with one attached hydrogen (secondary N) is 1. The first kappa shape index (κ1) is 12.5. The van der Waals surface area contributed by atoms with Gasteiger partial charge in [-0.25, -0.2) is 4.98 Å². The summed E-state index contributed by atoms with van der Waals surface area (Å²) in [6.07, 6.45) is 7.51. The highest BCUT2D eigenvalue weighted by Crippen LogP contribution is 2.56. The fraction of sp³-hybridized carbons (Fsp3) is 0.706. The Morgan fingerprint density at radius 3 is 2.35 bits per heavy atom. The minimum Gasteiger partial charge on any atom is -0.397 e. The third-order valence-corrected chi connectivity index (χ3v) is 6.07. The molecule has 4 aliphatic carbocycles. The summed E-state index contributed by atoms with van der Waals surface area (Å²) in [5.74, 6) is 5.95. The van der Waals surface area contributed by atoms with Crippen molar-refractivity contribution in [1.29, 1.82) is 0 Å². The monoisotopic (exact) mass is 271 g/mol. The van der Waals surface area contributed by atoms with Gasteiger partial charge in [-0.1, -0.05) is 0 Å². The van der Waals surface area contributed by atoms with Crippen LogP contribution in [0.3, 0.4) is 0 Å². The molecule has 1 aromatic rings. The summed E-state index contributed by atoms with van der Waals surface area (Å²) < 4.78 is 0. The quantitative estimate of drug-likeness (QED) is 0.885. The zero-order chi connectivity index (χ0) is 13.7. The second kappa shape index (κ2) is 4.64. The first-order valence-electron chi connectivity index (χ1n) is 8.16. The van der Waals surface area contributed by atoms with E-state index in [2.05, 4.69) is 10.3 Å². The number of nitrogens with two attached hydrogens (primary N) is 1. The molecule has 0 unspecified atom stereocenters. The Labute approximate surface area is 121 Å². The van der Waals surface area contributed by atoms with Crippen molar-refractivity contribution in [1.82, 2.24) is 4.98 Å². The lowest BCUT2D eigenvalue weighted by Gasteiger charge is -2.54. The van der Waals surface area contributed by atoms with Crippen LogP contribution in [0.2, 0.25) is 0 Å². The summed E-state index contributed by atoms with van der Waals surface area (Å²) in [6, 6.07) is 3.97. The molecule has 0 radical (unpaired) electrons. The molecule has 3 nitrogen and oxygen atoms in total. The molecule has 0 atom stereocenters. The second-order valence-corrected chi connectivity index (χ2v) is 7.35. The topological polar surface area (TPSA) is 50.9 Å².